The number of amides is 3. The third kappa shape index (κ3) is 8.30. The lowest BCUT2D eigenvalue weighted by atomic mass is 10.1. The maximum absolute atomic E-state index is 13.6. The molecule has 0 heterocycles. The molecule has 5 aromatic carbocycles. The van der Waals surface area contributed by atoms with E-state index in [0.29, 0.717) is 34.1 Å². The Morgan fingerprint density at radius 3 is 2.09 bits per heavy atom. The number of carbonyl (C=O) groups is 3. The Kier molecular flexibility index (Phi) is 10.8. The third-order valence-electron chi connectivity index (χ3n) is 7.11. The van der Waals surface area contributed by atoms with Crippen molar-refractivity contribution in [3.05, 3.63) is 126 Å². The molecule has 0 radical (unpaired) electrons. The first-order valence-electron chi connectivity index (χ1n) is 14.6. The van der Waals surface area contributed by atoms with Crippen molar-refractivity contribution >= 4 is 57.7 Å². The molecule has 0 saturated carbocycles. The quantitative estimate of drug-likeness (QED) is 0.0986. The van der Waals surface area contributed by atoms with Crippen molar-refractivity contribution in [2.24, 2.45) is 0 Å². The summed E-state index contributed by atoms with van der Waals surface area (Å²) in [5.74, 6) is 0.352. The van der Waals surface area contributed by atoms with Crippen molar-refractivity contribution < 1.29 is 28.6 Å². The molecule has 47 heavy (non-hydrogen) atoms. The van der Waals surface area contributed by atoms with Crippen molar-refractivity contribution in [2.45, 2.75) is 4.90 Å². The average molecular weight is 648 g/mol. The topological polar surface area (TPSA) is 115 Å². The van der Waals surface area contributed by atoms with Crippen LogP contribution in [0.1, 0.15) is 15.9 Å². The first-order valence-corrected chi connectivity index (χ1v) is 15.6. The van der Waals surface area contributed by atoms with Crippen molar-refractivity contribution in [1.29, 1.82) is 0 Å². The van der Waals surface area contributed by atoms with Gasteiger partial charge < -0.3 is 30.2 Å². The van der Waals surface area contributed by atoms with Gasteiger partial charge in [-0.1, -0.05) is 54.6 Å². The minimum atomic E-state index is -0.555. The van der Waals surface area contributed by atoms with Crippen LogP contribution < -0.4 is 30.2 Å². The Morgan fingerprint density at radius 2 is 1.36 bits per heavy atom. The fourth-order valence-corrected chi connectivity index (χ4v) is 5.46. The average Bonchev–Trinajstić information content (AvgIpc) is 3.11. The van der Waals surface area contributed by atoms with E-state index in [2.05, 4.69) is 16.0 Å². The molecule has 0 saturated heterocycles. The summed E-state index contributed by atoms with van der Waals surface area (Å²) in [5.41, 5.74) is 2.11. The second-order valence-electron chi connectivity index (χ2n) is 10.2. The Hall–Kier alpha value is -5.74. The monoisotopic (exact) mass is 647 g/mol. The number of benzene rings is 5. The largest absolute Gasteiger partial charge is 0.496 e. The van der Waals surface area contributed by atoms with Gasteiger partial charge in [0.15, 0.2) is 11.5 Å². The van der Waals surface area contributed by atoms with Gasteiger partial charge in [-0.25, -0.2) is 0 Å². The standard InChI is InChI=1S/C37H33N3O6S/c1-44-32-22-34(46-3)33(45-2)21-26(32)20-31(40-36(42)25-11-5-4-6-12-25)37(43)38-27-16-18-28(19-17-27)47-23-35(41)39-30-15-9-13-24-10-7-8-14-29(24)30/h4-22H,23H2,1-3H3,(H,38,43)(H,39,41)(H,40,42)/b31-20-. The Balaban J connectivity index is 1.30. The number of hydrogen-bond acceptors (Lipinski definition) is 7. The normalized spacial score (nSPS) is 11.0. The smallest absolute Gasteiger partial charge is 0.272 e. The van der Waals surface area contributed by atoms with Crippen molar-refractivity contribution in [3.63, 3.8) is 0 Å². The van der Waals surface area contributed by atoms with Gasteiger partial charge in [0.25, 0.3) is 11.8 Å². The van der Waals surface area contributed by atoms with Crippen LogP contribution in [-0.4, -0.2) is 44.8 Å². The molecule has 0 bridgehead atoms. The summed E-state index contributed by atoms with van der Waals surface area (Å²) < 4.78 is 16.3. The molecule has 0 aromatic heterocycles. The summed E-state index contributed by atoms with van der Waals surface area (Å²) in [4.78, 5) is 40.2. The Bertz CT molecular complexity index is 1920. The number of methoxy groups -OCH3 is 3. The van der Waals surface area contributed by atoms with Crippen LogP contribution in [0.2, 0.25) is 0 Å². The maximum Gasteiger partial charge on any atom is 0.272 e. The SMILES string of the molecule is COc1cc(OC)c(OC)cc1/C=C(\NC(=O)c1ccccc1)C(=O)Nc1ccc(SCC(=O)Nc2cccc3ccccc23)cc1. The fraction of sp³-hybridized carbons (Fsp3) is 0.108. The highest BCUT2D eigenvalue weighted by atomic mass is 32.2. The summed E-state index contributed by atoms with van der Waals surface area (Å²) >= 11 is 1.38. The van der Waals surface area contributed by atoms with Crippen LogP contribution in [0.5, 0.6) is 17.2 Å². The van der Waals surface area contributed by atoms with E-state index < -0.39 is 11.8 Å². The molecule has 3 amide bonds. The van der Waals surface area contributed by atoms with Crippen LogP contribution >= 0.6 is 11.8 Å². The summed E-state index contributed by atoms with van der Waals surface area (Å²) in [6.45, 7) is 0. The van der Waals surface area contributed by atoms with Crippen molar-refractivity contribution in [3.8, 4) is 17.2 Å². The lowest BCUT2D eigenvalue weighted by Gasteiger charge is -2.15. The van der Waals surface area contributed by atoms with E-state index in [9.17, 15) is 14.4 Å². The van der Waals surface area contributed by atoms with Crippen LogP contribution in [0.3, 0.4) is 0 Å². The molecule has 3 N–H and O–H groups in total. The minimum Gasteiger partial charge on any atom is -0.496 e. The number of fused-ring (bicyclic) bond motifs is 1. The van der Waals surface area contributed by atoms with Crippen LogP contribution in [-0.2, 0) is 9.59 Å². The number of rotatable bonds is 12. The van der Waals surface area contributed by atoms with Gasteiger partial charge in [-0.3, -0.25) is 14.4 Å². The van der Waals surface area contributed by atoms with Crippen molar-refractivity contribution in [2.75, 3.05) is 37.7 Å². The Morgan fingerprint density at radius 1 is 0.702 bits per heavy atom. The lowest BCUT2D eigenvalue weighted by Crippen LogP contribution is -2.30. The highest BCUT2D eigenvalue weighted by Gasteiger charge is 2.18. The van der Waals surface area contributed by atoms with Crippen molar-refractivity contribution in [1.82, 2.24) is 5.32 Å². The molecule has 9 nitrogen and oxygen atoms in total. The van der Waals surface area contributed by atoms with E-state index >= 15 is 0 Å². The zero-order chi connectivity index (χ0) is 33.2. The van der Waals surface area contributed by atoms with Gasteiger partial charge >= 0.3 is 0 Å². The second-order valence-corrected chi connectivity index (χ2v) is 11.2. The first-order chi connectivity index (χ1) is 22.9. The maximum atomic E-state index is 13.6. The molecule has 0 aliphatic carbocycles. The van der Waals surface area contributed by atoms with Gasteiger partial charge in [-0.15, -0.1) is 11.8 Å². The van der Waals surface area contributed by atoms with Crippen LogP contribution in [0.4, 0.5) is 11.4 Å². The molecule has 5 aromatic rings. The molecule has 0 spiro atoms. The number of ether oxygens (including phenoxy) is 3. The van der Waals surface area contributed by atoms with E-state index in [1.807, 2.05) is 54.6 Å². The van der Waals surface area contributed by atoms with Gasteiger partial charge in [0, 0.05) is 38.8 Å². The molecule has 0 atom stereocenters. The van der Waals surface area contributed by atoms with Gasteiger partial charge in [0.1, 0.15) is 11.4 Å². The van der Waals surface area contributed by atoms with Crippen LogP contribution in [0.15, 0.2) is 120 Å². The van der Waals surface area contributed by atoms with E-state index in [0.717, 1.165) is 21.4 Å². The molecule has 0 unspecified atom stereocenters. The second kappa shape index (κ2) is 15.5. The molecule has 10 heteroatoms. The molecule has 0 aliphatic heterocycles. The molecule has 0 aliphatic rings. The summed E-state index contributed by atoms with van der Waals surface area (Å²) in [6, 6.07) is 32.6. The van der Waals surface area contributed by atoms with E-state index in [-0.39, 0.29) is 17.4 Å². The number of anilines is 2. The third-order valence-corrected chi connectivity index (χ3v) is 8.12. The van der Waals surface area contributed by atoms with Gasteiger partial charge in [-0.05, 0) is 60.0 Å². The fourth-order valence-electron chi connectivity index (χ4n) is 4.77. The number of nitrogens with one attached hydrogen (secondary N) is 3. The molecular weight excluding hydrogens is 614 g/mol. The van der Waals surface area contributed by atoms with Gasteiger partial charge in [0.2, 0.25) is 5.91 Å². The lowest BCUT2D eigenvalue weighted by molar-refractivity contribution is -0.114. The number of hydrogen-bond donors (Lipinski definition) is 3. The first kappa shape index (κ1) is 32.6. The van der Waals surface area contributed by atoms with Crippen LogP contribution in [0.25, 0.3) is 16.8 Å². The molecule has 0 fully saturated rings. The summed E-state index contributed by atoms with van der Waals surface area (Å²) in [5, 5.41) is 10.6. The zero-order valence-electron chi connectivity index (χ0n) is 26.0. The number of thioether (sulfide) groups is 1. The highest BCUT2D eigenvalue weighted by Crippen LogP contribution is 2.35. The molecule has 238 valence electrons. The Labute approximate surface area is 276 Å². The molecular formula is C37H33N3O6S. The minimum absolute atomic E-state index is 0.0204. The zero-order valence-corrected chi connectivity index (χ0v) is 26.9. The van der Waals surface area contributed by atoms with Gasteiger partial charge in [-0.2, -0.15) is 0 Å². The van der Waals surface area contributed by atoms with E-state index in [4.69, 9.17) is 14.2 Å². The number of carbonyl (C=O) groups excluding carboxylic acids is 3. The predicted molar refractivity (Wildman–Crippen MR) is 186 cm³/mol. The van der Waals surface area contributed by atoms with Gasteiger partial charge in [0.05, 0.1) is 27.1 Å². The molecule has 5 rings (SSSR count). The highest BCUT2D eigenvalue weighted by molar-refractivity contribution is 8.00. The van der Waals surface area contributed by atoms with E-state index in [1.54, 1.807) is 54.6 Å². The van der Waals surface area contributed by atoms with Crippen LogP contribution in [0, 0.1) is 0 Å². The summed E-state index contributed by atoms with van der Waals surface area (Å²) in [7, 11) is 4.51. The summed E-state index contributed by atoms with van der Waals surface area (Å²) in [6.07, 6.45) is 1.51. The van der Waals surface area contributed by atoms with E-state index in [1.165, 1.54) is 39.2 Å². The predicted octanol–water partition coefficient (Wildman–Crippen LogP) is 7.01.